The number of carbonyl (C=O) groups excluding carboxylic acids is 2. The molecule has 31 heavy (non-hydrogen) atoms. The third-order valence-electron chi connectivity index (χ3n) is 5.35. The fourth-order valence-corrected chi connectivity index (χ4v) is 3.54. The van der Waals surface area contributed by atoms with Crippen LogP contribution in [-0.4, -0.2) is 48.3 Å². The maximum absolute atomic E-state index is 12.8. The maximum atomic E-state index is 12.8. The molecule has 0 saturated carbocycles. The van der Waals surface area contributed by atoms with E-state index in [2.05, 4.69) is 16.0 Å². The number of ether oxygens (including phenoxy) is 1. The van der Waals surface area contributed by atoms with Gasteiger partial charge in [0.2, 0.25) is 11.8 Å². The van der Waals surface area contributed by atoms with Gasteiger partial charge in [-0.2, -0.15) is 0 Å². The molecule has 3 atom stereocenters. The van der Waals surface area contributed by atoms with Crippen LogP contribution in [0.25, 0.3) is 11.1 Å². The molecule has 0 radical (unpaired) electrons. The Morgan fingerprint density at radius 3 is 2.65 bits per heavy atom. The minimum Gasteiger partial charge on any atom is -0.389 e. The van der Waals surface area contributed by atoms with E-state index in [0.717, 1.165) is 16.7 Å². The smallest absolute Gasteiger partial charge is 0.241 e. The first kappa shape index (κ1) is 22.9. The third kappa shape index (κ3) is 5.50. The quantitative estimate of drug-likeness (QED) is 0.521. The van der Waals surface area contributed by atoms with Crippen molar-refractivity contribution in [1.29, 1.82) is 0 Å². The largest absolute Gasteiger partial charge is 0.389 e. The first-order chi connectivity index (χ1) is 14.8. The molecule has 0 spiro atoms. The van der Waals surface area contributed by atoms with Crippen LogP contribution in [0.4, 0.5) is 11.4 Å². The lowest BCUT2D eigenvalue weighted by atomic mass is 9.91. The Morgan fingerprint density at radius 1 is 1.16 bits per heavy atom. The van der Waals surface area contributed by atoms with Crippen molar-refractivity contribution in [1.82, 2.24) is 5.32 Å². The van der Waals surface area contributed by atoms with Crippen LogP contribution in [0.1, 0.15) is 39.2 Å². The Bertz CT molecular complexity index is 944. The van der Waals surface area contributed by atoms with Crippen LogP contribution in [0.15, 0.2) is 42.5 Å². The first-order valence-corrected chi connectivity index (χ1v) is 10.6. The van der Waals surface area contributed by atoms with E-state index in [0.29, 0.717) is 11.4 Å². The number of fused-ring (bicyclic) bond motifs is 3. The second-order valence-corrected chi connectivity index (χ2v) is 8.18. The van der Waals surface area contributed by atoms with Crippen LogP contribution in [-0.2, 0) is 14.3 Å². The lowest BCUT2D eigenvalue weighted by Gasteiger charge is -2.20. The molecule has 4 N–H and O–H groups in total. The number of rotatable bonds is 8. The van der Waals surface area contributed by atoms with Gasteiger partial charge in [-0.3, -0.25) is 9.59 Å². The number of amides is 2. The van der Waals surface area contributed by atoms with Gasteiger partial charge < -0.3 is 25.8 Å². The Labute approximate surface area is 183 Å². The van der Waals surface area contributed by atoms with Gasteiger partial charge in [-0.1, -0.05) is 30.3 Å². The fraction of sp³-hybridized carbons (Fsp3) is 0.417. The summed E-state index contributed by atoms with van der Waals surface area (Å²) in [6.07, 6.45) is -0.663. The highest BCUT2D eigenvalue weighted by atomic mass is 16.5. The summed E-state index contributed by atoms with van der Waals surface area (Å²) < 4.78 is 5.39. The normalized spacial score (nSPS) is 17.2. The lowest BCUT2D eigenvalue weighted by Crippen LogP contribution is -2.43. The first-order valence-electron chi connectivity index (χ1n) is 10.6. The molecule has 7 nitrogen and oxygen atoms in total. The highest BCUT2D eigenvalue weighted by molar-refractivity contribution is 6.08. The van der Waals surface area contributed by atoms with Crippen LogP contribution in [0.5, 0.6) is 0 Å². The van der Waals surface area contributed by atoms with Crippen LogP contribution in [0.3, 0.4) is 0 Å². The van der Waals surface area contributed by atoms with Gasteiger partial charge in [0.15, 0.2) is 0 Å². The summed E-state index contributed by atoms with van der Waals surface area (Å²) in [5.74, 6) is -0.615. The molecule has 3 rings (SSSR count). The van der Waals surface area contributed by atoms with Gasteiger partial charge in [0.1, 0.15) is 0 Å². The topological polar surface area (TPSA) is 99.7 Å². The van der Waals surface area contributed by atoms with Crippen molar-refractivity contribution in [2.45, 2.75) is 51.9 Å². The molecule has 0 saturated heterocycles. The average molecular weight is 426 g/mol. The highest BCUT2D eigenvalue weighted by Gasteiger charge is 2.27. The van der Waals surface area contributed by atoms with Gasteiger partial charge in [0.05, 0.1) is 42.1 Å². The summed E-state index contributed by atoms with van der Waals surface area (Å²) in [7, 11) is 0. The predicted molar refractivity (Wildman–Crippen MR) is 122 cm³/mol. The summed E-state index contributed by atoms with van der Waals surface area (Å²) in [4.78, 5) is 25.4. The van der Waals surface area contributed by atoms with Gasteiger partial charge in [-0.15, -0.1) is 0 Å². The van der Waals surface area contributed by atoms with Gasteiger partial charge in [-0.25, -0.2) is 0 Å². The zero-order valence-electron chi connectivity index (χ0n) is 18.4. The zero-order chi connectivity index (χ0) is 22.5. The van der Waals surface area contributed by atoms with E-state index >= 15 is 0 Å². The summed E-state index contributed by atoms with van der Waals surface area (Å²) in [6.45, 7) is 7.87. The number of benzene rings is 2. The molecule has 2 amide bonds. The van der Waals surface area contributed by atoms with Crippen molar-refractivity contribution in [3.63, 3.8) is 0 Å². The molecule has 7 heteroatoms. The number of nitrogens with one attached hydrogen (secondary N) is 3. The highest BCUT2D eigenvalue weighted by Crippen LogP contribution is 2.42. The molecule has 1 heterocycles. The number of aliphatic hydroxyl groups excluding tert-OH is 1. The Morgan fingerprint density at radius 2 is 1.90 bits per heavy atom. The molecule has 2 aromatic rings. The second-order valence-electron chi connectivity index (χ2n) is 8.18. The van der Waals surface area contributed by atoms with Crippen molar-refractivity contribution in [3.8, 4) is 11.1 Å². The molecule has 1 aliphatic heterocycles. The lowest BCUT2D eigenvalue weighted by molar-refractivity contribution is -0.118. The van der Waals surface area contributed by atoms with Gasteiger partial charge in [-0.05, 0) is 51.0 Å². The summed E-state index contributed by atoms with van der Waals surface area (Å²) in [5, 5.41) is 19.0. The zero-order valence-corrected chi connectivity index (χ0v) is 18.4. The number of carbonyl (C=O) groups is 2. The summed E-state index contributed by atoms with van der Waals surface area (Å²) >= 11 is 0. The molecule has 2 aromatic carbocycles. The molecule has 1 unspecified atom stereocenters. The van der Waals surface area contributed by atoms with E-state index in [1.165, 1.54) is 0 Å². The number of hydrogen-bond donors (Lipinski definition) is 4. The molecule has 1 aliphatic rings. The van der Waals surface area contributed by atoms with Crippen LogP contribution in [0, 0.1) is 0 Å². The molecule has 0 fully saturated rings. The second kappa shape index (κ2) is 10.0. The number of anilines is 2. The standard InChI is InChI=1S/C24H31N3O4/c1-14(2)31-13-17(28)12-25-16(4)24(30)27-21-11-7-10-20-22(21)19-9-6-5-8-18(19)15(3)23(29)26-20/h5-11,14-17,25,28H,12-13H2,1-4H3,(H,26,29)(H,27,30)/t15?,16-,17+/m0/s1. The third-order valence-corrected chi connectivity index (χ3v) is 5.35. The van der Waals surface area contributed by atoms with E-state index in [-0.39, 0.29) is 37.0 Å². The number of hydrogen-bond acceptors (Lipinski definition) is 5. The Hall–Kier alpha value is -2.74. The molecule has 0 aliphatic carbocycles. The van der Waals surface area contributed by atoms with Crippen LogP contribution in [0.2, 0.25) is 0 Å². The van der Waals surface area contributed by atoms with E-state index in [4.69, 9.17) is 4.74 Å². The van der Waals surface area contributed by atoms with E-state index in [1.54, 1.807) is 13.0 Å². The Kier molecular flexibility index (Phi) is 7.43. The van der Waals surface area contributed by atoms with E-state index < -0.39 is 12.1 Å². The van der Waals surface area contributed by atoms with Crippen molar-refractivity contribution in [2.75, 3.05) is 23.8 Å². The average Bonchev–Trinajstić information content (AvgIpc) is 2.85. The van der Waals surface area contributed by atoms with Crippen molar-refractivity contribution in [3.05, 3.63) is 48.0 Å². The van der Waals surface area contributed by atoms with Crippen molar-refractivity contribution in [2.24, 2.45) is 0 Å². The van der Waals surface area contributed by atoms with Crippen molar-refractivity contribution < 1.29 is 19.4 Å². The molecule has 0 aromatic heterocycles. The molecular formula is C24H31N3O4. The predicted octanol–water partition coefficient (Wildman–Crippen LogP) is 3.11. The minimum atomic E-state index is -0.700. The SMILES string of the molecule is CC(C)OC[C@H](O)CN[C@@H](C)C(=O)Nc1cccc2c1-c1ccccc1C(C)C(=O)N2. The summed E-state index contributed by atoms with van der Waals surface area (Å²) in [5.41, 5.74) is 3.92. The van der Waals surface area contributed by atoms with E-state index in [1.807, 2.05) is 57.2 Å². The molecular weight excluding hydrogens is 394 g/mol. The summed E-state index contributed by atoms with van der Waals surface area (Å²) in [6, 6.07) is 12.7. The van der Waals surface area contributed by atoms with Crippen LogP contribution >= 0.6 is 0 Å². The fourth-order valence-electron chi connectivity index (χ4n) is 3.54. The minimum absolute atomic E-state index is 0.0369. The van der Waals surface area contributed by atoms with Crippen LogP contribution < -0.4 is 16.0 Å². The maximum Gasteiger partial charge on any atom is 0.241 e. The molecule has 166 valence electrons. The van der Waals surface area contributed by atoms with Gasteiger partial charge in [0, 0.05) is 12.1 Å². The van der Waals surface area contributed by atoms with Gasteiger partial charge in [0.25, 0.3) is 0 Å². The number of aliphatic hydroxyl groups is 1. The van der Waals surface area contributed by atoms with Gasteiger partial charge >= 0.3 is 0 Å². The Balaban J connectivity index is 1.77. The monoisotopic (exact) mass is 425 g/mol. The van der Waals surface area contributed by atoms with E-state index in [9.17, 15) is 14.7 Å². The molecule has 0 bridgehead atoms. The van der Waals surface area contributed by atoms with Crippen molar-refractivity contribution >= 4 is 23.2 Å².